The van der Waals surface area contributed by atoms with E-state index in [-0.39, 0.29) is 0 Å². The van der Waals surface area contributed by atoms with E-state index in [4.69, 9.17) is 0 Å². The number of benzene rings is 3. The van der Waals surface area contributed by atoms with Crippen LogP contribution in [0.2, 0.25) is 0 Å². The Morgan fingerprint density at radius 3 is 2.04 bits per heavy atom. The molecule has 0 aromatic heterocycles. The van der Waals surface area contributed by atoms with Gasteiger partial charge in [0.1, 0.15) is 6.07 Å². The van der Waals surface area contributed by atoms with E-state index in [0.717, 1.165) is 43.9 Å². The van der Waals surface area contributed by atoms with Gasteiger partial charge in [-0.3, -0.25) is 4.90 Å². The summed E-state index contributed by atoms with van der Waals surface area (Å²) in [5, 5.41) is 9.41. The molecule has 0 spiro atoms. The van der Waals surface area contributed by atoms with Crippen LogP contribution < -0.4 is 4.90 Å². The molecule has 1 atom stereocenters. The first kappa shape index (κ1) is 18.3. The lowest BCUT2D eigenvalue weighted by Crippen LogP contribution is -2.48. The van der Waals surface area contributed by atoms with Crippen LogP contribution in [0.5, 0.6) is 0 Å². The van der Waals surface area contributed by atoms with E-state index in [1.807, 2.05) is 18.2 Å². The number of hydrogen-bond donors (Lipinski definition) is 0. The fourth-order valence-corrected chi connectivity index (χ4v) is 4.09. The SMILES string of the molecule is N#Cc1ccccc1N1CCN(C(Cc2ccccc2)c2ccccc2)CC1. The van der Waals surface area contributed by atoms with E-state index in [9.17, 15) is 5.26 Å². The molecule has 1 fully saturated rings. The maximum Gasteiger partial charge on any atom is 0.101 e. The van der Waals surface area contributed by atoms with Crippen molar-refractivity contribution in [1.82, 2.24) is 4.90 Å². The monoisotopic (exact) mass is 367 g/mol. The maximum absolute atomic E-state index is 9.41. The van der Waals surface area contributed by atoms with E-state index in [1.165, 1.54) is 11.1 Å². The van der Waals surface area contributed by atoms with Crippen LogP contribution >= 0.6 is 0 Å². The molecule has 3 heteroatoms. The molecule has 28 heavy (non-hydrogen) atoms. The molecule has 4 rings (SSSR count). The molecule has 1 saturated heterocycles. The smallest absolute Gasteiger partial charge is 0.101 e. The first-order valence-corrected chi connectivity index (χ1v) is 9.92. The first-order valence-electron chi connectivity index (χ1n) is 9.92. The summed E-state index contributed by atoms with van der Waals surface area (Å²) in [5.41, 5.74) is 4.56. The van der Waals surface area contributed by atoms with Crippen molar-refractivity contribution in [3.8, 4) is 6.07 Å². The second kappa shape index (κ2) is 8.73. The van der Waals surface area contributed by atoms with Crippen LogP contribution in [-0.4, -0.2) is 31.1 Å². The summed E-state index contributed by atoms with van der Waals surface area (Å²) in [7, 11) is 0. The van der Waals surface area contributed by atoms with E-state index in [1.54, 1.807) is 0 Å². The molecule has 140 valence electrons. The molecule has 3 nitrogen and oxygen atoms in total. The molecule has 1 aliphatic heterocycles. The molecule has 1 unspecified atom stereocenters. The highest BCUT2D eigenvalue weighted by molar-refractivity contribution is 5.59. The van der Waals surface area contributed by atoms with Crippen LogP contribution in [0.25, 0.3) is 0 Å². The topological polar surface area (TPSA) is 30.3 Å². The third kappa shape index (κ3) is 4.08. The molecule has 3 aromatic rings. The molecular formula is C25H25N3. The number of rotatable bonds is 5. The standard InChI is InChI=1S/C25H25N3/c26-20-23-13-7-8-14-24(23)27-15-17-28(18-16-27)25(22-11-5-2-6-12-22)19-21-9-3-1-4-10-21/h1-14,25H,15-19H2. The van der Waals surface area contributed by atoms with Gasteiger partial charge in [0.05, 0.1) is 11.3 Å². The minimum atomic E-state index is 0.372. The first-order chi connectivity index (χ1) is 13.8. The lowest BCUT2D eigenvalue weighted by Gasteiger charge is -2.40. The summed E-state index contributed by atoms with van der Waals surface area (Å²) in [4.78, 5) is 4.94. The van der Waals surface area contributed by atoms with E-state index in [2.05, 4.69) is 82.6 Å². The Labute approximate surface area is 167 Å². The van der Waals surface area contributed by atoms with E-state index >= 15 is 0 Å². The zero-order chi connectivity index (χ0) is 19.2. The summed E-state index contributed by atoms with van der Waals surface area (Å²) in [5.74, 6) is 0. The van der Waals surface area contributed by atoms with E-state index in [0.29, 0.717) is 6.04 Å². The number of piperazine rings is 1. The molecule has 1 heterocycles. The third-order valence-electron chi connectivity index (χ3n) is 5.58. The largest absolute Gasteiger partial charge is 0.368 e. The number of hydrogen-bond acceptors (Lipinski definition) is 3. The Morgan fingerprint density at radius 2 is 1.36 bits per heavy atom. The lowest BCUT2D eigenvalue weighted by molar-refractivity contribution is 0.184. The molecule has 0 saturated carbocycles. The summed E-state index contributed by atoms with van der Waals surface area (Å²) in [6.07, 6.45) is 1.01. The minimum Gasteiger partial charge on any atom is -0.368 e. The van der Waals surface area contributed by atoms with Gasteiger partial charge in [-0.1, -0.05) is 72.8 Å². The highest BCUT2D eigenvalue weighted by atomic mass is 15.3. The van der Waals surface area contributed by atoms with Gasteiger partial charge in [-0.15, -0.1) is 0 Å². The number of nitrogens with zero attached hydrogens (tertiary/aromatic N) is 3. The van der Waals surface area contributed by atoms with Crippen LogP contribution in [-0.2, 0) is 6.42 Å². The molecule has 0 N–H and O–H groups in total. The van der Waals surface area contributed by atoms with Crippen LogP contribution in [0.1, 0.15) is 22.7 Å². The average Bonchev–Trinajstić information content (AvgIpc) is 2.79. The molecule has 0 aliphatic carbocycles. The Kier molecular flexibility index (Phi) is 5.70. The lowest BCUT2D eigenvalue weighted by atomic mass is 9.96. The van der Waals surface area contributed by atoms with Gasteiger partial charge in [0.25, 0.3) is 0 Å². The van der Waals surface area contributed by atoms with Crippen molar-refractivity contribution in [1.29, 1.82) is 5.26 Å². The number of nitriles is 1. The van der Waals surface area contributed by atoms with Gasteiger partial charge >= 0.3 is 0 Å². The van der Waals surface area contributed by atoms with Crippen molar-refractivity contribution >= 4 is 5.69 Å². The Morgan fingerprint density at radius 1 is 0.750 bits per heavy atom. The van der Waals surface area contributed by atoms with Crippen LogP contribution in [0.3, 0.4) is 0 Å². The second-order valence-electron chi connectivity index (χ2n) is 7.27. The van der Waals surface area contributed by atoms with Gasteiger partial charge in [0.15, 0.2) is 0 Å². The quantitative estimate of drug-likeness (QED) is 0.657. The van der Waals surface area contributed by atoms with Gasteiger partial charge in [-0.25, -0.2) is 0 Å². The number of para-hydroxylation sites is 1. The van der Waals surface area contributed by atoms with Crippen molar-refractivity contribution in [2.75, 3.05) is 31.1 Å². The third-order valence-corrected chi connectivity index (χ3v) is 5.58. The summed E-state index contributed by atoms with van der Waals surface area (Å²) in [6.45, 7) is 3.87. The molecule has 1 aliphatic rings. The highest BCUT2D eigenvalue weighted by Gasteiger charge is 2.26. The van der Waals surface area contributed by atoms with Crippen molar-refractivity contribution < 1.29 is 0 Å². The van der Waals surface area contributed by atoms with Crippen molar-refractivity contribution in [2.24, 2.45) is 0 Å². The van der Waals surface area contributed by atoms with Gasteiger partial charge in [-0.2, -0.15) is 5.26 Å². The van der Waals surface area contributed by atoms with Gasteiger partial charge < -0.3 is 4.90 Å². The fraction of sp³-hybridized carbons (Fsp3) is 0.240. The molecule has 3 aromatic carbocycles. The minimum absolute atomic E-state index is 0.372. The summed E-state index contributed by atoms with van der Waals surface area (Å²) < 4.78 is 0. The maximum atomic E-state index is 9.41. The van der Waals surface area contributed by atoms with Crippen molar-refractivity contribution in [2.45, 2.75) is 12.5 Å². The zero-order valence-corrected chi connectivity index (χ0v) is 16.0. The van der Waals surface area contributed by atoms with Crippen molar-refractivity contribution in [3.05, 3.63) is 102 Å². The fourth-order valence-electron chi connectivity index (χ4n) is 4.09. The second-order valence-corrected chi connectivity index (χ2v) is 7.27. The predicted octanol–water partition coefficient (Wildman–Crippen LogP) is 4.66. The van der Waals surface area contributed by atoms with Gasteiger partial charge in [0.2, 0.25) is 0 Å². The summed E-state index contributed by atoms with van der Waals surface area (Å²) in [6, 6.07) is 32.2. The highest BCUT2D eigenvalue weighted by Crippen LogP contribution is 2.28. The normalized spacial score (nSPS) is 15.8. The molecular weight excluding hydrogens is 342 g/mol. The van der Waals surface area contributed by atoms with Crippen molar-refractivity contribution in [3.63, 3.8) is 0 Å². The molecule has 0 bridgehead atoms. The molecule has 0 amide bonds. The predicted molar refractivity (Wildman–Crippen MR) is 114 cm³/mol. The van der Waals surface area contributed by atoms with Gasteiger partial charge in [0, 0.05) is 32.2 Å². The molecule has 0 radical (unpaired) electrons. The van der Waals surface area contributed by atoms with Gasteiger partial charge in [-0.05, 0) is 29.7 Å². The Bertz CT molecular complexity index is 923. The zero-order valence-electron chi connectivity index (χ0n) is 16.0. The summed E-state index contributed by atoms with van der Waals surface area (Å²) >= 11 is 0. The van der Waals surface area contributed by atoms with E-state index < -0.39 is 0 Å². The Balaban J connectivity index is 1.52. The average molecular weight is 367 g/mol. The number of anilines is 1. The Hall–Kier alpha value is -3.09. The van der Waals surface area contributed by atoms with Crippen LogP contribution in [0.4, 0.5) is 5.69 Å². The van der Waals surface area contributed by atoms with Crippen LogP contribution in [0.15, 0.2) is 84.9 Å². The van der Waals surface area contributed by atoms with Crippen LogP contribution in [0, 0.1) is 11.3 Å².